The SMILES string of the molecule is C=C(C)CC1C2c3c(Br)cccc3C(CC2(C)C)N1Cc1cccc2ccccc12. The molecule has 0 spiro atoms. The first kappa shape index (κ1) is 20.0. The van der Waals surface area contributed by atoms with Gasteiger partial charge in [-0.15, -0.1) is 6.58 Å². The van der Waals surface area contributed by atoms with Gasteiger partial charge in [0.15, 0.2) is 0 Å². The summed E-state index contributed by atoms with van der Waals surface area (Å²) >= 11 is 3.91. The number of rotatable bonds is 4. The molecule has 2 heterocycles. The number of hydrogen-bond acceptors (Lipinski definition) is 1. The highest BCUT2D eigenvalue weighted by molar-refractivity contribution is 9.10. The van der Waals surface area contributed by atoms with E-state index in [0.717, 1.165) is 13.0 Å². The Kier molecular flexibility index (Phi) is 4.91. The maximum absolute atomic E-state index is 4.31. The number of piperidine rings is 1. The second kappa shape index (κ2) is 7.35. The molecule has 3 atom stereocenters. The molecule has 2 heteroatoms. The van der Waals surface area contributed by atoms with Crippen LogP contribution in [0.4, 0.5) is 0 Å². The number of nitrogens with zero attached hydrogens (tertiary/aromatic N) is 1. The van der Waals surface area contributed by atoms with Crippen LogP contribution in [0.3, 0.4) is 0 Å². The van der Waals surface area contributed by atoms with Crippen molar-refractivity contribution in [3.63, 3.8) is 0 Å². The summed E-state index contributed by atoms with van der Waals surface area (Å²) in [4.78, 5) is 2.79. The number of hydrogen-bond donors (Lipinski definition) is 0. The van der Waals surface area contributed by atoms with Gasteiger partial charge in [0.2, 0.25) is 0 Å². The highest BCUT2D eigenvalue weighted by atomic mass is 79.9. The molecule has 154 valence electrons. The maximum atomic E-state index is 4.31. The molecule has 0 amide bonds. The zero-order valence-corrected chi connectivity index (χ0v) is 19.7. The molecule has 1 aliphatic carbocycles. The summed E-state index contributed by atoms with van der Waals surface area (Å²) in [7, 11) is 0. The molecule has 3 aromatic rings. The average Bonchev–Trinajstić information content (AvgIpc) is 2.70. The molecule has 0 aromatic heterocycles. The van der Waals surface area contributed by atoms with Crippen LogP contribution in [0.15, 0.2) is 77.3 Å². The van der Waals surface area contributed by atoms with Gasteiger partial charge in [0.1, 0.15) is 0 Å². The van der Waals surface area contributed by atoms with E-state index < -0.39 is 0 Å². The first-order valence-corrected chi connectivity index (χ1v) is 11.8. The molecular weight excluding hydrogens is 430 g/mol. The normalized spacial score (nSPS) is 24.7. The minimum Gasteiger partial charge on any atom is -0.288 e. The third-order valence-electron chi connectivity index (χ3n) is 7.32. The lowest BCUT2D eigenvalue weighted by Crippen LogP contribution is -2.56. The fourth-order valence-corrected chi connectivity index (χ4v) is 6.80. The van der Waals surface area contributed by atoms with E-state index in [1.807, 2.05) is 0 Å². The van der Waals surface area contributed by atoms with Crippen molar-refractivity contribution in [2.24, 2.45) is 5.41 Å². The Bertz CT molecular complexity index is 1120. The summed E-state index contributed by atoms with van der Waals surface area (Å²) in [5.74, 6) is 0.500. The van der Waals surface area contributed by atoms with Crippen molar-refractivity contribution in [2.75, 3.05) is 0 Å². The quantitative estimate of drug-likeness (QED) is 0.357. The first-order chi connectivity index (χ1) is 14.4. The van der Waals surface area contributed by atoms with Gasteiger partial charge >= 0.3 is 0 Å². The van der Waals surface area contributed by atoms with Gasteiger partial charge in [0.25, 0.3) is 0 Å². The summed E-state index contributed by atoms with van der Waals surface area (Å²) < 4.78 is 1.28. The minimum atomic E-state index is 0.275. The number of fused-ring (bicyclic) bond motifs is 3. The predicted molar refractivity (Wildman–Crippen MR) is 131 cm³/mol. The van der Waals surface area contributed by atoms with Crippen molar-refractivity contribution in [2.45, 2.75) is 58.2 Å². The van der Waals surface area contributed by atoms with Gasteiger partial charge < -0.3 is 0 Å². The molecule has 3 aromatic carbocycles. The van der Waals surface area contributed by atoms with Gasteiger partial charge in [0.05, 0.1) is 0 Å². The van der Waals surface area contributed by atoms with E-state index in [1.54, 1.807) is 5.56 Å². The van der Waals surface area contributed by atoms with Gasteiger partial charge in [-0.05, 0) is 58.7 Å². The van der Waals surface area contributed by atoms with E-state index in [1.165, 1.54) is 38.4 Å². The Morgan fingerprint density at radius 1 is 1.07 bits per heavy atom. The monoisotopic (exact) mass is 459 g/mol. The van der Waals surface area contributed by atoms with Crippen LogP contribution in [-0.4, -0.2) is 10.9 Å². The highest BCUT2D eigenvalue weighted by Crippen LogP contribution is 2.61. The molecule has 1 nitrogen and oxygen atoms in total. The molecule has 3 unspecified atom stereocenters. The molecule has 2 bridgehead atoms. The smallest absolute Gasteiger partial charge is 0.0363 e. The van der Waals surface area contributed by atoms with Crippen LogP contribution in [0.5, 0.6) is 0 Å². The van der Waals surface area contributed by atoms with Gasteiger partial charge in [-0.2, -0.15) is 0 Å². The second-order valence-corrected chi connectivity index (χ2v) is 10.8. The summed E-state index contributed by atoms with van der Waals surface area (Å²) in [5, 5.41) is 2.71. The van der Waals surface area contributed by atoms with Crippen molar-refractivity contribution in [1.82, 2.24) is 4.90 Å². The Morgan fingerprint density at radius 3 is 2.60 bits per heavy atom. The molecular formula is C28H30BrN. The Hall–Kier alpha value is -1.90. The van der Waals surface area contributed by atoms with Crippen LogP contribution >= 0.6 is 15.9 Å². The fourth-order valence-electron chi connectivity index (χ4n) is 6.18. The van der Waals surface area contributed by atoms with Gasteiger partial charge in [-0.3, -0.25) is 4.90 Å². The molecule has 0 radical (unpaired) electrons. The fraction of sp³-hybridized carbons (Fsp3) is 0.357. The van der Waals surface area contributed by atoms with Gasteiger partial charge in [-0.25, -0.2) is 0 Å². The number of benzene rings is 3. The topological polar surface area (TPSA) is 3.24 Å². The lowest BCUT2D eigenvalue weighted by atomic mass is 9.57. The summed E-state index contributed by atoms with van der Waals surface area (Å²) in [6, 6.07) is 23.3. The molecule has 0 saturated carbocycles. The predicted octanol–water partition coefficient (Wildman–Crippen LogP) is 8.01. The van der Waals surface area contributed by atoms with Crippen LogP contribution in [0.1, 0.15) is 62.3 Å². The maximum Gasteiger partial charge on any atom is 0.0363 e. The van der Waals surface area contributed by atoms with Gasteiger partial charge in [0, 0.05) is 29.0 Å². The van der Waals surface area contributed by atoms with Crippen LogP contribution in [0.2, 0.25) is 0 Å². The van der Waals surface area contributed by atoms with E-state index in [4.69, 9.17) is 0 Å². The molecule has 3 aliphatic rings. The van der Waals surface area contributed by atoms with E-state index in [9.17, 15) is 0 Å². The second-order valence-electron chi connectivity index (χ2n) is 9.97. The van der Waals surface area contributed by atoms with E-state index >= 15 is 0 Å². The molecule has 30 heavy (non-hydrogen) atoms. The van der Waals surface area contributed by atoms with Crippen LogP contribution < -0.4 is 0 Å². The van der Waals surface area contributed by atoms with Crippen LogP contribution in [0, 0.1) is 5.41 Å². The summed E-state index contributed by atoms with van der Waals surface area (Å²) in [5.41, 5.74) is 6.05. The molecule has 0 N–H and O–H groups in total. The molecule has 2 aliphatic heterocycles. The third-order valence-corrected chi connectivity index (χ3v) is 8.01. The number of halogens is 1. The first-order valence-electron chi connectivity index (χ1n) is 11.0. The highest BCUT2D eigenvalue weighted by Gasteiger charge is 2.53. The van der Waals surface area contributed by atoms with E-state index in [2.05, 4.69) is 109 Å². The van der Waals surface area contributed by atoms with E-state index in [0.29, 0.717) is 18.0 Å². The summed E-state index contributed by atoms with van der Waals surface area (Å²) in [6.07, 6.45) is 2.26. The Morgan fingerprint density at radius 2 is 1.80 bits per heavy atom. The summed E-state index contributed by atoms with van der Waals surface area (Å²) in [6.45, 7) is 12.4. The van der Waals surface area contributed by atoms with Crippen LogP contribution in [-0.2, 0) is 6.54 Å². The lowest BCUT2D eigenvalue weighted by molar-refractivity contribution is -0.0314. The molecule has 1 saturated heterocycles. The standard InChI is InChI=1S/C28H30BrN/c1-18(2)15-24-27-26-22(13-8-14-23(26)29)25(16-28(27,3)4)30(24)17-20-11-7-10-19-9-5-6-12-21(19)20/h5-14,24-25,27H,1,15-17H2,2-4H3. The minimum absolute atomic E-state index is 0.275. The molecule has 1 fully saturated rings. The van der Waals surface area contributed by atoms with Crippen LogP contribution in [0.25, 0.3) is 10.8 Å². The zero-order valence-electron chi connectivity index (χ0n) is 18.2. The third kappa shape index (κ3) is 3.16. The largest absolute Gasteiger partial charge is 0.288 e. The van der Waals surface area contributed by atoms with Crippen molar-refractivity contribution in [3.8, 4) is 0 Å². The lowest BCUT2D eigenvalue weighted by Gasteiger charge is -2.60. The van der Waals surface area contributed by atoms with Crippen molar-refractivity contribution >= 4 is 26.7 Å². The van der Waals surface area contributed by atoms with Crippen molar-refractivity contribution < 1.29 is 0 Å². The van der Waals surface area contributed by atoms with E-state index in [-0.39, 0.29) is 5.41 Å². The van der Waals surface area contributed by atoms with Gasteiger partial charge in [-0.1, -0.05) is 89.9 Å². The van der Waals surface area contributed by atoms with Crippen molar-refractivity contribution in [1.29, 1.82) is 0 Å². The average molecular weight is 460 g/mol. The molecule has 6 rings (SSSR count). The zero-order chi connectivity index (χ0) is 21.0. The Labute approximate surface area is 188 Å². The Balaban J connectivity index is 1.65. The van der Waals surface area contributed by atoms with Crippen molar-refractivity contribution in [3.05, 3.63) is 94.0 Å².